The molecular formula is C15H30NNaO3. The summed E-state index contributed by atoms with van der Waals surface area (Å²) in [7, 11) is 1.59. The van der Waals surface area contributed by atoms with E-state index in [9.17, 15) is 9.59 Å². The number of carbonyl (C=O) groups excluding carboxylic acids is 1. The summed E-state index contributed by atoms with van der Waals surface area (Å²) >= 11 is 0.751. The number of unbranched alkanes of at least 4 members (excludes halogenated alkanes) is 8. The zero-order valence-corrected chi connectivity index (χ0v) is 15.5. The molecule has 5 heteroatoms. The maximum absolute atomic E-state index is 10.7. The molecule has 0 saturated heterocycles. The Labute approximate surface area is 141 Å². The molecule has 0 aromatic carbocycles. The fourth-order valence-corrected chi connectivity index (χ4v) is 2.19. The summed E-state index contributed by atoms with van der Waals surface area (Å²) in [5, 5.41) is 10.3. The van der Waals surface area contributed by atoms with Crippen molar-refractivity contribution in [3.63, 3.8) is 0 Å². The van der Waals surface area contributed by atoms with Crippen molar-refractivity contribution in [1.82, 2.24) is 5.32 Å². The zero-order chi connectivity index (χ0) is 15.6. The van der Waals surface area contributed by atoms with Crippen LogP contribution in [0.25, 0.3) is 0 Å². The molecule has 0 aliphatic carbocycles. The van der Waals surface area contributed by atoms with E-state index in [1.165, 1.54) is 51.4 Å². The van der Waals surface area contributed by atoms with Gasteiger partial charge in [-0.1, -0.05) is 0 Å². The van der Waals surface area contributed by atoms with Gasteiger partial charge in [-0.05, 0) is 7.05 Å². The van der Waals surface area contributed by atoms with Gasteiger partial charge >= 0.3 is 113 Å². The molecule has 0 aromatic rings. The fourth-order valence-electron chi connectivity index (χ4n) is 1.84. The first-order valence-corrected chi connectivity index (χ1v) is 8.90. The van der Waals surface area contributed by atoms with Crippen LogP contribution >= 0.6 is 0 Å². The molecule has 0 aromatic heterocycles. The van der Waals surface area contributed by atoms with E-state index >= 15 is 0 Å². The van der Waals surface area contributed by atoms with Gasteiger partial charge in [-0.3, -0.25) is 4.79 Å². The molecule has 114 valence electrons. The molecule has 0 saturated carbocycles. The van der Waals surface area contributed by atoms with Crippen molar-refractivity contribution in [2.45, 2.75) is 71.1 Å². The fraction of sp³-hybridized carbons (Fsp3) is 0.867. The Hall–Kier alpha value is 0.1000. The van der Waals surface area contributed by atoms with Gasteiger partial charge in [0.05, 0.1) is 6.54 Å². The quantitative estimate of drug-likeness (QED) is 0.429. The van der Waals surface area contributed by atoms with Gasteiger partial charge < -0.3 is 10.4 Å². The average molecular weight is 295 g/mol. The summed E-state index contributed by atoms with van der Waals surface area (Å²) in [5.74, 6) is -0.822. The van der Waals surface area contributed by atoms with Crippen LogP contribution in [0.1, 0.15) is 71.1 Å². The van der Waals surface area contributed by atoms with Gasteiger partial charge in [0, 0.05) is 0 Å². The van der Waals surface area contributed by atoms with Gasteiger partial charge in [0.1, 0.15) is 0 Å². The number of nitrogens with one attached hydrogen (secondary N) is 1. The van der Waals surface area contributed by atoms with E-state index in [2.05, 4.69) is 12.2 Å². The number of hydrogen-bond acceptors (Lipinski definition) is 3. The van der Waals surface area contributed by atoms with Crippen molar-refractivity contribution >= 4 is 36.9 Å². The van der Waals surface area contributed by atoms with Crippen molar-refractivity contribution in [2.75, 3.05) is 13.6 Å². The monoisotopic (exact) mass is 295 g/mol. The first-order chi connectivity index (χ1) is 9.54. The second kappa shape index (κ2) is 19.1. The Morgan fingerprint density at radius 2 is 1.40 bits per heavy atom. The largest absolute Gasteiger partial charge is 0.480 e. The van der Waals surface area contributed by atoms with E-state index < -0.39 is 5.97 Å². The van der Waals surface area contributed by atoms with Crippen LogP contribution in [0, 0.1) is 0 Å². The molecule has 0 rings (SSSR count). The van der Waals surface area contributed by atoms with E-state index in [-0.39, 0.29) is 6.54 Å². The summed E-state index contributed by atoms with van der Waals surface area (Å²) in [5.41, 5.74) is 0. The Balaban J connectivity index is 0. The van der Waals surface area contributed by atoms with Gasteiger partial charge in [-0.25, -0.2) is 0 Å². The second-order valence-electron chi connectivity index (χ2n) is 5.20. The first-order valence-electron chi connectivity index (χ1n) is 7.90. The van der Waals surface area contributed by atoms with Crippen LogP contribution in [0.15, 0.2) is 0 Å². The van der Waals surface area contributed by atoms with Crippen LogP contribution in [0.3, 0.4) is 0 Å². The van der Waals surface area contributed by atoms with Crippen molar-refractivity contribution < 1.29 is 14.7 Å². The normalized spacial score (nSPS) is 9.80. The van der Waals surface area contributed by atoms with E-state index in [1.807, 2.05) is 0 Å². The number of hydrogen-bond donors (Lipinski definition) is 2. The van der Waals surface area contributed by atoms with Crippen LogP contribution in [0.5, 0.6) is 0 Å². The minimum absolute atomic E-state index is 0.0417. The second-order valence-corrected chi connectivity index (χ2v) is 6.32. The van der Waals surface area contributed by atoms with Crippen LogP contribution in [-0.2, 0) is 9.59 Å². The van der Waals surface area contributed by atoms with Gasteiger partial charge in [0.15, 0.2) is 0 Å². The Morgan fingerprint density at radius 3 is 1.70 bits per heavy atom. The molecule has 0 radical (unpaired) electrons. The van der Waals surface area contributed by atoms with Crippen LogP contribution in [-0.4, -0.2) is 55.6 Å². The molecule has 0 bridgehead atoms. The van der Waals surface area contributed by atoms with Crippen molar-refractivity contribution in [3.8, 4) is 0 Å². The Morgan fingerprint density at radius 1 is 0.950 bits per heavy atom. The van der Waals surface area contributed by atoms with Gasteiger partial charge in [-0.2, -0.15) is 0 Å². The maximum atomic E-state index is 10.7. The Kier molecular flexibility index (Phi) is 21.4. The molecule has 4 nitrogen and oxygen atoms in total. The predicted molar refractivity (Wildman–Crippen MR) is 84.2 cm³/mol. The third kappa shape index (κ3) is 26.6. The number of carbonyl (C=O) groups is 2. The van der Waals surface area contributed by atoms with Crippen LogP contribution in [0.4, 0.5) is 0 Å². The van der Waals surface area contributed by atoms with E-state index in [4.69, 9.17) is 5.11 Å². The van der Waals surface area contributed by atoms with Crippen molar-refractivity contribution in [2.24, 2.45) is 0 Å². The third-order valence-electron chi connectivity index (χ3n) is 2.96. The van der Waals surface area contributed by atoms with E-state index in [0.29, 0.717) is 3.03 Å². The molecule has 0 fully saturated rings. The molecule has 0 unspecified atom stereocenters. The molecule has 0 heterocycles. The molecule has 0 spiro atoms. The van der Waals surface area contributed by atoms with Crippen LogP contribution in [0.2, 0.25) is 0 Å². The minimum Gasteiger partial charge on any atom is -0.480 e. The van der Waals surface area contributed by atoms with Crippen LogP contribution < -0.4 is 5.32 Å². The van der Waals surface area contributed by atoms with Crippen molar-refractivity contribution in [1.29, 1.82) is 0 Å². The van der Waals surface area contributed by atoms with E-state index in [1.54, 1.807) is 7.05 Å². The number of carboxylic acids is 1. The molecule has 0 aliphatic heterocycles. The number of likely N-dealkylation sites (N-methyl/N-ethyl adjacent to an activating group) is 1. The molecule has 0 aliphatic rings. The van der Waals surface area contributed by atoms with Gasteiger partial charge in [0.25, 0.3) is 0 Å². The zero-order valence-electron chi connectivity index (χ0n) is 13.5. The molecule has 0 atom stereocenters. The first kappa shape index (κ1) is 22.4. The molecule has 0 amide bonds. The van der Waals surface area contributed by atoms with Gasteiger partial charge in [-0.15, -0.1) is 0 Å². The molecule has 2 N–H and O–H groups in total. The van der Waals surface area contributed by atoms with E-state index in [0.717, 1.165) is 40.8 Å². The minimum atomic E-state index is -0.822. The predicted octanol–water partition coefficient (Wildman–Crippen LogP) is 2.89. The summed E-state index contributed by atoms with van der Waals surface area (Å²) in [6.45, 7) is 2.30. The number of carboxylic acid groups (broad SMARTS) is 1. The third-order valence-corrected chi connectivity index (χ3v) is 3.46. The standard InChI is InChI=1S/C12H23O.C3H7NO2.Na/c1-2-3-4-5-6-7-8-9-10-11-12-13;1-4-2-3(5)6;/h2-11H2,1H3;4H,2H2,1H3,(H,5,6);. The smallest absolute Gasteiger partial charge is 0.317 e. The topological polar surface area (TPSA) is 66.4 Å². The summed E-state index contributed by atoms with van der Waals surface area (Å²) in [6.07, 6.45) is 12.9. The average Bonchev–Trinajstić information content (AvgIpc) is 2.37. The number of rotatable bonds is 12. The summed E-state index contributed by atoms with van der Waals surface area (Å²) < 4.78 is 0.480. The molecule has 20 heavy (non-hydrogen) atoms. The summed E-state index contributed by atoms with van der Waals surface area (Å²) in [4.78, 5) is 20.2. The summed E-state index contributed by atoms with van der Waals surface area (Å²) in [6, 6.07) is 0. The maximum Gasteiger partial charge on any atom is 0.317 e. The SMILES string of the molecule is CCCCCCCCCCC[C](=O)[Na].CNCC(=O)O. The van der Waals surface area contributed by atoms with Crippen molar-refractivity contribution in [3.05, 3.63) is 0 Å². The van der Waals surface area contributed by atoms with Gasteiger partial charge in [0.2, 0.25) is 0 Å². The Bertz CT molecular complexity index is 235. The number of aliphatic carboxylic acids is 1. The molecular weight excluding hydrogens is 265 g/mol.